The summed E-state index contributed by atoms with van der Waals surface area (Å²) in [5.41, 5.74) is 5.56. The molecule has 0 amide bonds. The van der Waals surface area contributed by atoms with E-state index < -0.39 is 11.8 Å². The standard InChI is InChI=1S/C13H8BrClFNO3/c14-8-4-9(15)10(16)5-12(8)20-6-1-2-11(17)7(3-6)13(18)19/h1-5H,17H2,(H,18,19). The molecule has 0 radical (unpaired) electrons. The summed E-state index contributed by atoms with van der Waals surface area (Å²) in [5.74, 6) is -1.42. The molecule has 4 nitrogen and oxygen atoms in total. The van der Waals surface area contributed by atoms with Gasteiger partial charge in [-0.15, -0.1) is 0 Å². The van der Waals surface area contributed by atoms with Crippen molar-refractivity contribution in [2.24, 2.45) is 0 Å². The summed E-state index contributed by atoms with van der Waals surface area (Å²) in [6.45, 7) is 0. The molecule has 0 aromatic heterocycles. The van der Waals surface area contributed by atoms with Gasteiger partial charge in [-0.25, -0.2) is 9.18 Å². The second-order valence-electron chi connectivity index (χ2n) is 3.85. The molecule has 2 aromatic rings. The minimum Gasteiger partial charge on any atom is -0.478 e. The Morgan fingerprint density at radius 1 is 1.35 bits per heavy atom. The fourth-order valence-corrected chi connectivity index (χ4v) is 2.21. The number of carboxylic acid groups (broad SMARTS) is 1. The molecule has 0 heterocycles. The first kappa shape index (κ1) is 14.6. The Bertz CT molecular complexity index is 694. The Morgan fingerprint density at radius 2 is 2.05 bits per heavy atom. The summed E-state index contributed by atoms with van der Waals surface area (Å²) in [6, 6.07) is 6.60. The number of carbonyl (C=O) groups is 1. The van der Waals surface area contributed by atoms with Gasteiger partial charge in [0, 0.05) is 11.8 Å². The van der Waals surface area contributed by atoms with Crippen LogP contribution in [-0.4, -0.2) is 11.1 Å². The van der Waals surface area contributed by atoms with Crippen molar-refractivity contribution in [1.82, 2.24) is 0 Å². The van der Waals surface area contributed by atoms with E-state index in [0.717, 1.165) is 6.07 Å². The monoisotopic (exact) mass is 359 g/mol. The van der Waals surface area contributed by atoms with Crippen molar-refractivity contribution in [3.63, 3.8) is 0 Å². The van der Waals surface area contributed by atoms with Crippen LogP contribution in [0.3, 0.4) is 0 Å². The van der Waals surface area contributed by atoms with Gasteiger partial charge in [0.1, 0.15) is 17.3 Å². The van der Waals surface area contributed by atoms with Gasteiger partial charge in [-0.05, 0) is 40.2 Å². The summed E-state index contributed by atoms with van der Waals surface area (Å²) in [4.78, 5) is 11.0. The molecule has 0 fully saturated rings. The van der Waals surface area contributed by atoms with E-state index in [4.69, 9.17) is 27.2 Å². The number of hydrogen-bond acceptors (Lipinski definition) is 3. The summed E-state index contributed by atoms with van der Waals surface area (Å²) < 4.78 is 19.3. The summed E-state index contributed by atoms with van der Waals surface area (Å²) >= 11 is 8.81. The minimum absolute atomic E-state index is 0.0484. The molecule has 0 bridgehead atoms. The molecule has 0 spiro atoms. The van der Waals surface area contributed by atoms with E-state index in [1.807, 2.05) is 0 Å². The van der Waals surface area contributed by atoms with Crippen molar-refractivity contribution >= 4 is 39.2 Å². The molecule has 3 N–H and O–H groups in total. The molecule has 104 valence electrons. The normalized spacial score (nSPS) is 10.3. The van der Waals surface area contributed by atoms with Gasteiger partial charge in [-0.3, -0.25) is 0 Å². The molecule has 0 aliphatic carbocycles. The third kappa shape index (κ3) is 3.02. The molecule has 0 saturated carbocycles. The number of ether oxygens (including phenoxy) is 1. The highest BCUT2D eigenvalue weighted by Crippen LogP contribution is 2.34. The maximum atomic E-state index is 13.4. The maximum Gasteiger partial charge on any atom is 0.337 e. The first-order chi connectivity index (χ1) is 9.38. The van der Waals surface area contributed by atoms with Crippen molar-refractivity contribution in [3.05, 3.63) is 51.2 Å². The van der Waals surface area contributed by atoms with Gasteiger partial charge in [-0.1, -0.05) is 11.6 Å². The van der Waals surface area contributed by atoms with Gasteiger partial charge in [0.2, 0.25) is 0 Å². The van der Waals surface area contributed by atoms with E-state index in [9.17, 15) is 9.18 Å². The number of halogens is 3. The topological polar surface area (TPSA) is 72.5 Å². The van der Waals surface area contributed by atoms with E-state index in [1.54, 1.807) is 0 Å². The molecule has 2 rings (SSSR count). The molecule has 0 aliphatic rings. The molecule has 0 aliphatic heterocycles. The van der Waals surface area contributed by atoms with Crippen LogP contribution in [0.5, 0.6) is 11.5 Å². The third-order valence-corrected chi connectivity index (χ3v) is 3.37. The summed E-state index contributed by atoms with van der Waals surface area (Å²) in [5, 5.41) is 8.92. The highest BCUT2D eigenvalue weighted by atomic mass is 79.9. The minimum atomic E-state index is -1.17. The first-order valence-corrected chi connectivity index (χ1v) is 6.51. The smallest absolute Gasteiger partial charge is 0.337 e. The van der Waals surface area contributed by atoms with Gasteiger partial charge in [-0.2, -0.15) is 0 Å². The van der Waals surface area contributed by atoms with Crippen LogP contribution in [0.2, 0.25) is 5.02 Å². The van der Waals surface area contributed by atoms with Gasteiger partial charge in [0.15, 0.2) is 0 Å². The Hall–Kier alpha value is -1.79. The molecule has 0 unspecified atom stereocenters. The third-order valence-electron chi connectivity index (χ3n) is 2.46. The highest BCUT2D eigenvalue weighted by molar-refractivity contribution is 9.10. The van der Waals surface area contributed by atoms with Crippen LogP contribution in [0.4, 0.5) is 10.1 Å². The van der Waals surface area contributed by atoms with Crippen LogP contribution in [0.25, 0.3) is 0 Å². The van der Waals surface area contributed by atoms with Crippen LogP contribution < -0.4 is 10.5 Å². The quantitative estimate of drug-likeness (QED) is 0.632. The lowest BCUT2D eigenvalue weighted by atomic mass is 10.2. The van der Waals surface area contributed by atoms with Crippen molar-refractivity contribution in [2.45, 2.75) is 0 Å². The second kappa shape index (κ2) is 5.68. The van der Waals surface area contributed by atoms with Gasteiger partial charge in [0.25, 0.3) is 0 Å². The molecule has 20 heavy (non-hydrogen) atoms. The number of carboxylic acids is 1. The SMILES string of the molecule is Nc1ccc(Oc2cc(F)c(Cl)cc2Br)cc1C(=O)O. The highest BCUT2D eigenvalue weighted by Gasteiger charge is 2.12. The molecule has 0 atom stereocenters. The van der Waals surface area contributed by atoms with Crippen molar-refractivity contribution in [1.29, 1.82) is 0 Å². The van der Waals surface area contributed by atoms with E-state index in [1.165, 1.54) is 24.3 Å². The van der Waals surface area contributed by atoms with E-state index >= 15 is 0 Å². The molecular weight excluding hydrogens is 353 g/mol. The Balaban J connectivity index is 2.38. The number of anilines is 1. The largest absolute Gasteiger partial charge is 0.478 e. The predicted octanol–water partition coefficient (Wildman–Crippen LogP) is 4.31. The number of aromatic carboxylic acids is 1. The van der Waals surface area contributed by atoms with Crippen molar-refractivity contribution < 1.29 is 19.0 Å². The molecule has 2 aromatic carbocycles. The predicted molar refractivity (Wildman–Crippen MR) is 77.0 cm³/mol. The zero-order valence-electron chi connectivity index (χ0n) is 9.86. The maximum absolute atomic E-state index is 13.4. The van der Waals surface area contributed by atoms with Gasteiger partial charge < -0.3 is 15.6 Å². The Morgan fingerprint density at radius 3 is 2.70 bits per heavy atom. The van der Waals surface area contributed by atoms with Crippen LogP contribution in [0.15, 0.2) is 34.8 Å². The average Bonchev–Trinajstić information content (AvgIpc) is 2.37. The Kier molecular flexibility index (Phi) is 4.15. The zero-order valence-corrected chi connectivity index (χ0v) is 12.2. The second-order valence-corrected chi connectivity index (χ2v) is 5.11. The fourth-order valence-electron chi connectivity index (χ4n) is 1.49. The summed E-state index contributed by atoms with van der Waals surface area (Å²) in [6.07, 6.45) is 0. The van der Waals surface area contributed by atoms with Crippen LogP contribution in [0.1, 0.15) is 10.4 Å². The summed E-state index contributed by atoms with van der Waals surface area (Å²) in [7, 11) is 0. The van der Waals surface area contributed by atoms with Crippen LogP contribution >= 0.6 is 27.5 Å². The molecule has 7 heteroatoms. The van der Waals surface area contributed by atoms with Crippen molar-refractivity contribution in [2.75, 3.05) is 5.73 Å². The number of hydrogen-bond donors (Lipinski definition) is 2. The van der Waals surface area contributed by atoms with Gasteiger partial charge in [0.05, 0.1) is 15.1 Å². The average molecular weight is 361 g/mol. The van der Waals surface area contributed by atoms with Crippen molar-refractivity contribution in [3.8, 4) is 11.5 Å². The van der Waals surface area contributed by atoms with Crippen LogP contribution in [0, 0.1) is 5.82 Å². The van der Waals surface area contributed by atoms with E-state index in [0.29, 0.717) is 4.47 Å². The number of nitrogen functional groups attached to an aromatic ring is 1. The van der Waals surface area contributed by atoms with Crippen LogP contribution in [-0.2, 0) is 0 Å². The lowest BCUT2D eigenvalue weighted by Crippen LogP contribution is -2.02. The lowest BCUT2D eigenvalue weighted by Gasteiger charge is -2.10. The van der Waals surface area contributed by atoms with Gasteiger partial charge >= 0.3 is 5.97 Å². The molecular formula is C13H8BrClFNO3. The van der Waals surface area contributed by atoms with E-state index in [2.05, 4.69) is 15.9 Å². The zero-order chi connectivity index (χ0) is 14.9. The first-order valence-electron chi connectivity index (χ1n) is 5.33. The van der Waals surface area contributed by atoms with E-state index in [-0.39, 0.29) is 27.8 Å². The molecule has 0 saturated heterocycles. The number of nitrogens with two attached hydrogens (primary N) is 1. The number of rotatable bonds is 3. The lowest BCUT2D eigenvalue weighted by molar-refractivity contribution is 0.0697. The Labute approximate surface area is 127 Å². The fraction of sp³-hybridized carbons (Fsp3) is 0. The number of benzene rings is 2.